The molecule has 0 saturated carbocycles. The molecule has 0 aromatic carbocycles. The number of allylic oxidation sites excluding steroid dienone is 12. The van der Waals surface area contributed by atoms with Gasteiger partial charge in [0.1, 0.15) is 13.2 Å². The fourth-order valence-corrected chi connectivity index (χ4v) is 10.1. The summed E-state index contributed by atoms with van der Waals surface area (Å²) in [6, 6.07) is 0. The number of carbonyl (C=O) groups is 3. The summed E-state index contributed by atoms with van der Waals surface area (Å²) in [6.45, 7) is 6.56. The van der Waals surface area contributed by atoms with Crippen LogP contribution in [0.25, 0.3) is 0 Å². The van der Waals surface area contributed by atoms with E-state index in [0.29, 0.717) is 19.3 Å². The molecule has 0 radical (unpaired) electrons. The second-order valence-electron chi connectivity index (χ2n) is 23.1. The maximum Gasteiger partial charge on any atom is 0.306 e. The van der Waals surface area contributed by atoms with Crippen LogP contribution in [0, 0.1) is 0 Å². The van der Waals surface area contributed by atoms with Crippen LogP contribution in [0.2, 0.25) is 0 Å². The van der Waals surface area contributed by atoms with Crippen molar-refractivity contribution in [2.75, 3.05) is 13.2 Å². The predicted molar refractivity (Wildman–Crippen MR) is 344 cm³/mol. The van der Waals surface area contributed by atoms with Crippen LogP contribution in [-0.4, -0.2) is 37.2 Å². The van der Waals surface area contributed by atoms with Crippen LogP contribution < -0.4 is 0 Å². The minimum absolute atomic E-state index is 0.0786. The number of unbranched alkanes of at least 4 members (excludes halogenated alkanes) is 40. The average molecular weight is 1100 g/mol. The fraction of sp³-hybridized carbons (Fsp3) is 0.795. The van der Waals surface area contributed by atoms with E-state index in [2.05, 4.69) is 93.7 Å². The molecule has 458 valence electrons. The minimum Gasteiger partial charge on any atom is -0.462 e. The van der Waals surface area contributed by atoms with E-state index >= 15 is 0 Å². The zero-order valence-corrected chi connectivity index (χ0v) is 52.6. The number of rotatable bonds is 63. The van der Waals surface area contributed by atoms with E-state index < -0.39 is 6.10 Å². The maximum atomic E-state index is 12.9. The van der Waals surface area contributed by atoms with Crippen molar-refractivity contribution >= 4 is 17.9 Å². The number of ether oxygens (including phenoxy) is 3. The molecule has 1 atom stereocenters. The lowest BCUT2D eigenvalue weighted by Crippen LogP contribution is -2.30. The Morgan fingerprint density at radius 1 is 0.266 bits per heavy atom. The van der Waals surface area contributed by atoms with Gasteiger partial charge in [0.25, 0.3) is 0 Å². The Morgan fingerprint density at radius 2 is 0.494 bits per heavy atom. The van der Waals surface area contributed by atoms with E-state index in [0.717, 1.165) is 109 Å². The van der Waals surface area contributed by atoms with Crippen molar-refractivity contribution in [2.45, 2.75) is 361 Å². The van der Waals surface area contributed by atoms with E-state index in [-0.39, 0.29) is 31.1 Å². The monoisotopic (exact) mass is 1100 g/mol. The Bertz CT molecular complexity index is 1450. The molecule has 0 aliphatic heterocycles. The summed E-state index contributed by atoms with van der Waals surface area (Å²) in [5, 5.41) is 0. The third-order valence-corrected chi connectivity index (χ3v) is 15.2. The van der Waals surface area contributed by atoms with Crippen molar-refractivity contribution in [1.29, 1.82) is 0 Å². The molecule has 79 heavy (non-hydrogen) atoms. The molecule has 0 aliphatic rings. The molecule has 0 aromatic heterocycles. The van der Waals surface area contributed by atoms with Crippen LogP contribution in [0.3, 0.4) is 0 Å². The zero-order chi connectivity index (χ0) is 57.1. The molecule has 0 aliphatic carbocycles. The van der Waals surface area contributed by atoms with Gasteiger partial charge in [-0.1, -0.05) is 318 Å². The molecule has 0 spiro atoms. The zero-order valence-electron chi connectivity index (χ0n) is 52.6. The van der Waals surface area contributed by atoms with Crippen molar-refractivity contribution in [3.63, 3.8) is 0 Å². The Labute approximate surface area is 491 Å². The number of carbonyl (C=O) groups excluding carboxylic acids is 3. The van der Waals surface area contributed by atoms with Gasteiger partial charge in [-0.15, -0.1) is 0 Å². The Hall–Kier alpha value is -3.15. The van der Waals surface area contributed by atoms with Gasteiger partial charge in [0.2, 0.25) is 0 Å². The summed E-state index contributed by atoms with van der Waals surface area (Å²) in [5.74, 6) is -0.877. The third kappa shape index (κ3) is 65.5. The highest BCUT2D eigenvalue weighted by Gasteiger charge is 2.19. The molecule has 0 amide bonds. The highest BCUT2D eigenvalue weighted by atomic mass is 16.6. The van der Waals surface area contributed by atoms with E-state index in [9.17, 15) is 14.4 Å². The molecule has 1 unspecified atom stereocenters. The number of esters is 3. The molecule has 6 nitrogen and oxygen atoms in total. The highest BCUT2D eigenvalue weighted by Crippen LogP contribution is 2.18. The summed E-state index contributed by atoms with van der Waals surface area (Å²) >= 11 is 0. The molecule has 0 heterocycles. The summed E-state index contributed by atoms with van der Waals surface area (Å²) in [6.07, 6.45) is 87.8. The van der Waals surface area contributed by atoms with Crippen LogP contribution in [0.1, 0.15) is 355 Å². The van der Waals surface area contributed by atoms with Crippen LogP contribution >= 0.6 is 0 Å². The Kier molecular flexibility index (Phi) is 64.7. The topological polar surface area (TPSA) is 78.9 Å². The summed E-state index contributed by atoms with van der Waals surface area (Å²) in [7, 11) is 0. The lowest BCUT2D eigenvalue weighted by atomic mass is 10.0. The van der Waals surface area contributed by atoms with Gasteiger partial charge in [-0.2, -0.15) is 0 Å². The van der Waals surface area contributed by atoms with Gasteiger partial charge in [0, 0.05) is 19.3 Å². The highest BCUT2D eigenvalue weighted by molar-refractivity contribution is 5.71. The van der Waals surface area contributed by atoms with Gasteiger partial charge in [0.05, 0.1) is 0 Å². The van der Waals surface area contributed by atoms with Crippen molar-refractivity contribution < 1.29 is 28.6 Å². The molecule has 0 N–H and O–H groups in total. The number of hydrogen-bond donors (Lipinski definition) is 0. The van der Waals surface area contributed by atoms with Gasteiger partial charge >= 0.3 is 17.9 Å². The third-order valence-electron chi connectivity index (χ3n) is 15.2. The second-order valence-corrected chi connectivity index (χ2v) is 23.1. The normalized spacial score (nSPS) is 12.5. The molecular weight excluding hydrogens is 973 g/mol. The van der Waals surface area contributed by atoms with Crippen LogP contribution in [0.4, 0.5) is 0 Å². The molecule has 0 bridgehead atoms. The largest absolute Gasteiger partial charge is 0.462 e. The molecule has 0 aromatic rings. The first-order valence-electron chi connectivity index (χ1n) is 34.4. The second kappa shape index (κ2) is 67.4. The van der Waals surface area contributed by atoms with E-state index in [1.165, 1.54) is 205 Å². The fourth-order valence-electron chi connectivity index (χ4n) is 10.1. The van der Waals surface area contributed by atoms with Crippen LogP contribution in [0.15, 0.2) is 72.9 Å². The molecule has 0 rings (SSSR count). The lowest BCUT2D eigenvalue weighted by Gasteiger charge is -2.18. The van der Waals surface area contributed by atoms with E-state index in [1.807, 2.05) is 0 Å². The lowest BCUT2D eigenvalue weighted by molar-refractivity contribution is -0.167. The minimum atomic E-state index is -0.783. The first kappa shape index (κ1) is 75.8. The molecule has 6 heteroatoms. The van der Waals surface area contributed by atoms with Gasteiger partial charge in [0.15, 0.2) is 6.10 Å². The van der Waals surface area contributed by atoms with Crippen LogP contribution in [0.5, 0.6) is 0 Å². The predicted octanol–water partition coefficient (Wildman–Crippen LogP) is 23.7. The van der Waals surface area contributed by atoms with E-state index in [4.69, 9.17) is 14.2 Å². The van der Waals surface area contributed by atoms with E-state index in [1.54, 1.807) is 0 Å². The summed E-state index contributed by atoms with van der Waals surface area (Å²) < 4.78 is 17.0. The van der Waals surface area contributed by atoms with Gasteiger partial charge in [-0.3, -0.25) is 14.4 Å². The van der Waals surface area contributed by atoms with Crippen LogP contribution in [-0.2, 0) is 28.6 Å². The summed E-state index contributed by atoms with van der Waals surface area (Å²) in [5.41, 5.74) is 0. The average Bonchev–Trinajstić information content (AvgIpc) is 3.45. The smallest absolute Gasteiger partial charge is 0.306 e. The van der Waals surface area contributed by atoms with Gasteiger partial charge in [-0.25, -0.2) is 0 Å². The molecule has 0 fully saturated rings. The van der Waals surface area contributed by atoms with Crippen molar-refractivity contribution in [3.8, 4) is 0 Å². The quantitative estimate of drug-likeness (QED) is 0.0261. The SMILES string of the molecule is CC/C=C\C/C=C\C/C=C\CCCCCCCC(=O)OCC(COC(=O)CCCCCCCCCCCCCC/C=C\C/C=C\C/C=C\CCCCCCC)OC(=O)CCCCCCCCCCCCCCCCCCCCC. The Morgan fingerprint density at radius 3 is 0.772 bits per heavy atom. The molecule has 0 saturated heterocycles. The standard InChI is InChI=1S/C73H130O6/c1-4-7-10-13-16-19-22-25-28-30-32-33-34-35-36-37-38-39-41-42-45-48-51-54-57-60-63-66-72(75)78-69-70(68-77-71(74)65-62-59-56-53-50-47-44-27-24-21-18-15-12-9-6-3)79-73(76)67-64-61-58-55-52-49-46-43-40-31-29-26-23-20-17-14-11-8-5-2/h9,12,18,21-22,25,27,30,32,34-35,44,70H,4-8,10-11,13-17,19-20,23-24,26,28-29,31,33,36-43,45-69H2,1-3H3/b12-9-,21-18-,25-22-,32-30-,35-34-,44-27-. The molecular formula is C73H130O6. The van der Waals surface area contributed by atoms with Gasteiger partial charge in [-0.05, 0) is 89.9 Å². The number of hydrogen-bond acceptors (Lipinski definition) is 6. The maximum absolute atomic E-state index is 12.9. The first-order chi connectivity index (χ1) is 39.0. The Balaban J connectivity index is 4.29. The van der Waals surface area contributed by atoms with Crippen molar-refractivity contribution in [1.82, 2.24) is 0 Å². The van der Waals surface area contributed by atoms with Gasteiger partial charge < -0.3 is 14.2 Å². The van der Waals surface area contributed by atoms with Crippen molar-refractivity contribution in [2.24, 2.45) is 0 Å². The van der Waals surface area contributed by atoms with Crippen molar-refractivity contribution in [3.05, 3.63) is 72.9 Å². The summed E-state index contributed by atoms with van der Waals surface area (Å²) in [4.78, 5) is 38.4. The first-order valence-corrected chi connectivity index (χ1v) is 34.4.